The van der Waals surface area contributed by atoms with Gasteiger partial charge in [0, 0.05) is 50.5 Å². The number of aromatic nitrogens is 2. The van der Waals surface area contributed by atoms with E-state index in [1.165, 1.54) is 71.5 Å². The van der Waals surface area contributed by atoms with Crippen molar-refractivity contribution in [2.75, 3.05) is 46.4 Å². The number of benzene rings is 1. The predicted octanol–water partition coefficient (Wildman–Crippen LogP) is 5.82. The zero-order valence-corrected chi connectivity index (χ0v) is 25.6. The lowest BCUT2D eigenvalue weighted by Gasteiger charge is -2.52. The fraction of sp³-hybridized carbons (Fsp3) is 0.706. The Balaban J connectivity index is 1.21. The Morgan fingerprint density at radius 3 is 2.45 bits per heavy atom. The van der Waals surface area contributed by atoms with Gasteiger partial charge in [-0.2, -0.15) is 0 Å². The third-order valence-corrected chi connectivity index (χ3v) is 11.1. The topological polar surface area (TPSA) is 62.6 Å². The Morgan fingerprint density at radius 2 is 1.76 bits per heavy atom. The smallest absolute Gasteiger partial charge is 0.407 e. The third-order valence-electron chi connectivity index (χ3n) is 11.1. The minimum Gasteiger partial charge on any atom is -0.453 e. The molecule has 1 N–H and O–H groups in total. The number of carbonyl (C=O) groups is 1. The summed E-state index contributed by atoms with van der Waals surface area (Å²) in [4.78, 5) is 22.5. The summed E-state index contributed by atoms with van der Waals surface area (Å²) in [5, 5.41) is 3.17. The summed E-state index contributed by atoms with van der Waals surface area (Å²) in [6.45, 7) is 9.15. The summed E-state index contributed by atoms with van der Waals surface area (Å²) < 4.78 is 22.3. The summed E-state index contributed by atoms with van der Waals surface area (Å²) >= 11 is 0. The summed E-state index contributed by atoms with van der Waals surface area (Å²) in [7, 11) is 1.42. The molecule has 1 aromatic carbocycles. The van der Waals surface area contributed by atoms with Crippen LogP contribution in [-0.4, -0.2) is 77.9 Å². The van der Waals surface area contributed by atoms with E-state index in [9.17, 15) is 9.18 Å². The van der Waals surface area contributed by atoms with Crippen LogP contribution in [-0.2, 0) is 10.3 Å². The number of nitrogens with zero attached hydrogens (tertiary/aromatic N) is 4. The molecule has 1 aromatic heterocycles. The lowest BCUT2D eigenvalue weighted by molar-refractivity contribution is 0.0179. The number of ether oxygens (including phenoxy) is 1. The third kappa shape index (κ3) is 5.99. The molecule has 0 spiro atoms. The molecular formula is C34H50FN5O2. The Morgan fingerprint density at radius 1 is 1.00 bits per heavy atom. The SMILES string of the molecule is COC(=O)N[C@H]1CCC[C@@H]1C(c1cccc(F)c1)(C1CCN(CC2CN(CC3CCCCC3)C2)CC1)n1ccnc1C. The van der Waals surface area contributed by atoms with E-state index < -0.39 is 11.6 Å². The first-order valence-corrected chi connectivity index (χ1v) is 16.5. The maximum absolute atomic E-state index is 15.0. The second-order valence-corrected chi connectivity index (χ2v) is 13.6. The van der Waals surface area contributed by atoms with E-state index in [2.05, 4.69) is 43.9 Å². The van der Waals surface area contributed by atoms with E-state index in [0.29, 0.717) is 0 Å². The summed E-state index contributed by atoms with van der Waals surface area (Å²) in [6, 6.07) is 7.15. The van der Waals surface area contributed by atoms with Crippen molar-refractivity contribution < 1.29 is 13.9 Å². The monoisotopic (exact) mass is 579 g/mol. The van der Waals surface area contributed by atoms with Crippen molar-refractivity contribution in [3.63, 3.8) is 0 Å². The van der Waals surface area contributed by atoms with Gasteiger partial charge in [0.05, 0.1) is 12.6 Å². The molecule has 1 unspecified atom stereocenters. The molecule has 7 nitrogen and oxygen atoms in total. The fourth-order valence-electron chi connectivity index (χ4n) is 9.24. The van der Waals surface area contributed by atoms with Crippen molar-refractivity contribution in [3.05, 3.63) is 53.9 Å². The molecule has 4 fully saturated rings. The standard InChI is InChI=1S/C34H50FN5O2/c1-25-36-16-19-40(25)34(29-10-6-11-30(35)20-29,31-12-7-13-32(31)37-33(41)42-2)28-14-17-38(18-15-28)22-27-23-39(24-27)21-26-8-4-3-5-9-26/h6,10-11,16,19-20,26-28,31-32H,3-5,7-9,12-15,17-18,21-24H2,1-2H3,(H,37,41)/t31-,32-,34?/m0/s1. The molecule has 8 heteroatoms. The number of aryl methyl sites for hydroxylation is 1. The molecule has 2 aromatic rings. The largest absolute Gasteiger partial charge is 0.453 e. The van der Waals surface area contributed by atoms with Gasteiger partial charge in [0.25, 0.3) is 0 Å². The van der Waals surface area contributed by atoms with Crippen LogP contribution in [0.1, 0.15) is 75.6 Å². The van der Waals surface area contributed by atoms with Crippen molar-refractivity contribution in [1.82, 2.24) is 24.7 Å². The number of likely N-dealkylation sites (tertiary alicyclic amines) is 2. The van der Waals surface area contributed by atoms with E-state index in [4.69, 9.17) is 4.74 Å². The van der Waals surface area contributed by atoms with Crippen LogP contribution in [0.3, 0.4) is 0 Å². The molecule has 2 aliphatic heterocycles. The van der Waals surface area contributed by atoms with Crippen LogP contribution in [0, 0.1) is 36.4 Å². The number of alkyl carbamates (subject to hydrolysis) is 1. The summed E-state index contributed by atoms with van der Waals surface area (Å²) in [5.41, 5.74) is 0.479. The maximum Gasteiger partial charge on any atom is 0.407 e. The molecule has 2 saturated heterocycles. The van der Waals surface area contributed by atoms with E-state index in [0.717, 1.165) is 68.4 Å². The summed E-state index contributed by atoms with van der Waals surface area (Å²) in [5.74, 6) is 2.80. The molecular weight excluding hydrogens is 529 g/mol. The number of hydrogen-bond acceptors (Lipinski definition) is 5. The molecule has 2 saturated carbocycles. The molecule has 0 bridgehead atoms. The van der Waals surface area contributed by atoms with Crippen molar-refractivity contribution in [1.29, 1.82) is 0 Å². The predicted molar refractivity (Wildman–Crippen MR) is 163 cm³/mol. The van der Waals surface area contributed by atoms with Crippen LogP contribution in [0.5, 0.6) is 0 Å². The number of carbonyl (C=O) groups excluding carboxylic acids is 1. The highest BCUT2D eigenvalue weighted by Gasteiger charge is 2.54. The first kappa shape index (κ1) is 29.6. The molecule has 3 heterocycles. The Kier molecular flexibility index (Phi) is 9.20. The highest BCUT2D eigenvalue weighted by atomic mass is 19.1. The van der Waals surface area contributed by atoms with Gasteiger partial charge in [0.1, 0.15) is 11.6 Å². The van der Waals surface area contributed by atoms with E-state index in [-0.39, 0.29) is 23.7 Å². The number of methoxy groups -OCH3 is 1. The van der Waals surface area contributed by atoms with Gasteiger partial charge in [-0.15, -0.1) is 0 Å². The van der Waals surface area contributed by atoms with Crippen LogP contribution in [0.2, 0.25) is 0 Å². The first-order valence-electron chi connectivity index (χ1n) is 16.5. The minimum absolute atomic E-state index is 0.0503. The molecule has 6 rings (SSSR count). The van der Waals surface area contributed by atoms with Crippen molar-refractivity contribution in [2.24, 2.45) is 23.7 Å². The number of nitrogens with one attached hydrogen (secondary N) is 1. The number of hydrogen-bond donors (Lipinski definition) is 1. The number of halogens is 1. The van der Waals surface area contributed by atoms with Gasteiger partial charge >= 0.3 is 6.09 Å². The average molecular weight is 580 g/mol. The fourth-order valence-corrected chi connectivity index (χ4v) is 9.24. The zero-order chi connectivity index (χ0) is 29.1. The number of imidazole rings is 1. The molecule has 2 aliphatic carbocycles. The highest BCUT2D eigenvalue weighted by Crippen LogP contribution is 2.52. The van der Waals surface area contributed by atoms with Gasteiger partial charge in [-0.1, -0.05) is 37.8 Å². The van der Waals surface area contributed by atoms with E-state index >= 15 is 0 Å². The normalized spacial score (nSPS) is 26.5. The molecule has 230 valence electrons. The molecule has 4 aliphatic rings. The molecule has 42 heavy (non-hydrogen) atoms. The van der Waals surface area contributed by atoms with E-state index in [1.807, 2.05) is 12.3 Å². The second-order valence-electron chi connectivity index (χ2n) is 13.6. The van der Waals surface area contributed by atoms with Crippen LogP contribution in [0.15, 0.2) is 36.7 Å². The highest BCUT2D eigenvalue weighted by molar-refractivity contribution is 5.67. The van der Waals surface area contributed by atoms with Crippen LogP contribution >= 0.6 is 0 Å². The van der Waals surface area contributed by atoms with Crippen molar-refractivity contribution >= 4 is 6.09 Å². The quantitative estimate of drug-likeness (QED) is 0.406. The number of amides is 1. The van der Waals surface area contributed by atoms with Crippen molar-refractivity contribution in [2.45, 2.75) is 82.7 Å². The van der Waals surface area contributed by atoms with Gasteiger partial charge in [-0.3, -0.25) is 0 Å². The van der Waals surface area contributed by atoms with Gasteiger partial charge in [-0.25, -0.2) is 14.2 Å². The van der Waals surface area contributed by atoms with Crippen LogP contribution in [0.25, 0.3) is 0 Å². The van der Waals surface area contributed by atoms with E-state index in [1.54, 1.807) is 6.07 Å². The lowest BCUT2D eigenvalue weighted by atomic mass is 9.64. The number of rotatable bonds is 9. The number of piperidine rings is 1. The van der Waals surface area contributed by atoms with Crippen LogP contribution < -0.4 is 5.32 Å². The van der Waals surface area contributed by atoms with Crippen LogP contribution in [0.4, 0.5) is 9.18 Å². The van der Waals surface area contributed by atoms with Crippen molar-refractivity contribution in [3.8, 4) is 0 Å². The van der Waals surface area contributed by atoms with Gasteiger partial charge < -0.3 is 24.4 Å². The maximum atomic E-state index is 15.0. The second kappa shape index (κ2) is 13.0. The molecule has 3 atom stereocenters. The molecule has 0 radical (unpaired) electrons. The molecule has 1 amide bonds. The van der Waals surface area contributed by atoms with Gasteiger partial charge in [-0.05, 0) is 94.0 Å². The first-order chi connectivity index (χ1) is 20.5. The Bertz CT molecular complexity index is 1180. The zero-order valence-electron chi connectivity index (χ0n) is 25.6. The Hall–Kier alpha value is -2.45. The summed E-state index contributed by atoms with van der Waals surface area (Å²) in [6.07, 6.45) is 15.6. The lowest BCUT2D eigenvalue weighted by Crippen LogP contribution is -2.58. The van der Waals surface area contributed by atoms with Gasteiger partial charge in [0.15, 0.2) is 0 Å². The van der Waals surface area contributed by atoms with Gasteiger partial charge in [0.2, 0.25) is 0 Å². The Labute approximate surface area is 251 Å². The average Bonchev–Trinajstić information content (AvgIpc) is 3.63. The minimum atomic E-state index is -0.510.